The van der Waals surface area contributed by atoms with Crippen LogP contribution in [0.2, 0.25) is 0 Å². The Labute approximate surface area is 113 Å². The fourth-order valence-corrected chi connectivity index (χ4v) is 1.78. The first-order valence-electron chi connectivity index (χ1n) is 6.33. The summed E-state index contributed by atoms with van der Waals surface area (Å²) in [7, 11) is 0. The Morgan fingerprint density at radius 3 is 2.89 bits per heavy atom. The van der Waals surface area contributed by atoms with Gasteiger partial charge in [-0.3, -0.25) is 0 Å². The maximum Gasteiger partial charge on any atom is 0.331 e. The van der Waals surface area contributed by atoms with Gasteiger partial charge in [0, 0.05) is 5.69 Å². The molecule has 3 nitrogen and oxygen atoms in total. The second kappa shape index (κ2) is 6.92. The number of carbonyl (C=O) groups is 1. The molecule has 1 aromatic carbocycles. The Bertz CT molecular complexity index is 448. The molecule has 1 atom stereocenters. The molecule has 1 aromatic rings. The van der Waals surface area contributed by atoms with E-state index in [1.54, 1.807) is 32.1 Å². The fraction of sp³-hybridized carbons (Fsp3) is 0.400. The summed E-state index contributed by atoms with van der Waals surface area (Å²) in [5, 5.41) is 3.05. The summed E-state index contributed by atoms with van der Waals surface area (Å²) in [6.45, 7) is 7.47. The van der Waals surface area contributed by atoms with Gasteiger partial charge in [-0.1, -0.05) is 12.1 Å². The highest BCUT2D eigenvalue weighted by molar-refractivity contribution is 5.84. The molecule has 1 unspecified atom stereocenters. The van der Waals surface area contributed by atoms with Crippen molar-refractivity contribution >= 4 is 11.7 Å². The molecular weight excluding hydrogens is 245 g/mol. The van der Waals surface area contributed by atoms with Crippen LogP contribution in [0.4, 0.5) is 10.1 Å². The van der Waals surface area contributed by atoms with Crippen molar-refractivity contribution in [2.75, 3.05) is 11.9 Å². The zero-order chi connectivity index (χ0) is 14.3. The van der Waals surface area contributed by atoms with E-state index in [-0.39, 0.29) is 11.8 Å². The van der Waals surface area contributed by atoms with Gasteiger partial charge in [-0.05, 0) is 44.9 Å². The highest BCUT2D eigenvalue weighted by Crippen LogP contribution is 2.22. The summed E-state index contributed by atoms with van der Waals surface area (Å²) < 4.78 is 18.2. The Morgan fingerprint density at radius 1 is 1.58 bits per heavy atom. The molecule has 0 aliphatic rings. The number of nitrogens with one attached hydrogen (secondary N) is 1. The van der Waals surface area contributed by atoms with Crippen molar-refractivity contribution in [2.24, 2.45) is 0 Å². The zero-order valence-corrected chi connectivity index (χ0v) is 11.4. The van der Waals surface area contributed by atoms with Gasteiger partial charge >= 0.3 is 5.97 Å². The van der Waals surface area contributed by atoms with E-state index >= 15 is 0 Å². The van der Waals surface area contributed by atoms with Crippen LogP contribution in [0.5, 0.6) is 0 Å². The first kappa shape index (κ1) is 15.2. The van der Waals surface area contributed by atoms with Gasteiger partial charge in [0.1, 0.15) is 11.4 Å². The highest BCUT2D eigenvalue weighted by atomic mass is 19.1. The molecule has 0 aliphatic heterocycles. The first-order valence-corrected chi connectivity index (χ1v) is 6.33. The number of anilines is 1. The molecule has 0 fully saturated rings. The predicted molar refractivity (Wildman–Crippen MR) is 74.5 cm³/mol. The molecule has 0 saturated carbocycles. The number of halogens is 1. The van der Waals surface area contributed by atoms with Crippen molar-refractivity contribution < 1.29 is 13.9 Å². The highest BCUT2D eigenvalue weighted by Gasteiger charge is 2.33. The molecule has 0 bridgehead atoms. The van der Waals surface area contributed by atoms with Gasteiger partial charge in [-0.25, -0.2) is 9.18 Å². The second-order valence-electron chi connectivity index (χ2n) is 4.52. The lowest BCUT2D eigenvalue weighted by atomic mass is 9.95. The van der Waals surface area contributed by atoms with Crippen molar-refractivity contribution in [1.29, 1.82) is 0 Å². The van der Waals surface area contributed by atoms with Crippen LogP contribution in [0.25, 0.3) is 0 Å². The van der Waals surface area contributed by atoms with Gasteiger partial charge in [-0.2, -0.15) is 0 Å². The van der Waals surface area contributed by atoms with E-state index in [4.69, 9.17) is 4.74 Å². The minimum atomic E-state index is -0.891. The number of ether oxygens (including phenoxy) is 1. The summed E-state index contributed by atoms with van der Waals surface area (Å²) in [6.07, 6.45) is 2.94. The van der Waals surface area contributed by atoms with Crippen molar-refractivity contribution in [3.63, 3.8) is 0 Å². The third-order valence-electron chi connectivity index (χ3n) is 2.82. The van der Waals surface area contributed by atoms with E-state index in [9.17, 15) is 9.18 Å². The number of hydrogen-bond donors (Lipinski definition) is 1. The molecular formula is C15H20FNO2. The van der Waals surface area contributed by atoms with Crippen molar-refractivity contribution in [2.45, 2.75) is 32.2 Å². The van der Waals surface area contributed by atoms with Crippen molar-refractivity contribution in [3.8, 4) is 0 Å². The number of esters is 1. The zero-order valence-electron chi connectivity index (χ0n) is 11.4. The SMILES string of the molecule is C=CCCC(C)(Nc1cccc(F)c1)C(=O)OCC. The summed E-state index contributed by atoms with van der Waals surface area (Å²) in [5.41, 5.74) is -0.336. The maximum absolute atomic E-state index is 13.2. The van der Waals surface area contributed by atoms with E-state index in [0.717, 1.165) is 0 Å². The summed E-state index contributed by atoms with van der Waals surface area (Å²) in [5.74, 6) is -0.693. The number of carbonyl (C=O) groups excluding carboxylic acids is 1. The average Bonchev–Trinajstić information content (AvgIpc) is 2.36. The van der Waals surface area contributed by atoms with Crippen LogP contribution >= 0.6 is 0 Å². The van der Waals surface area contributed by atoms with E-state index < -0.39 is 5.54 Å². The molecule has 0 heterocycles. The Kier molecular flexibility index (Phi) is 5.55. The Hall–Kier alpha value is -1.84. The number of benzene rings is 1. The fourth-order valence-electron chi connectivity index (χ4n) is 1.78. The van der Waals surface area contributed by atoms with Gasteiger partial charge in [-0.15, -0.1) is 6.58 Å². The smallest absolute Gasteiger partial charge is 0.331 e. The molecule has 0 aliphatic carbocycles. The average molecular weight is 265 g/mol. The molecule has 4 heteroatoms. The van der Waals surface area contributed by atoms with Crippen LogP contribution < -0.4 is 5.32 Å². The topological polar surface area (TPSA) is 38.3 Å². The van der Waals surface area contributed by atoms with E-state index in [1.165, 1.54) is 12.1 Å². The van der Waals surface area contributed by atoms with Crippen LogP contribution in [0.3, 0.4) is 0 Å². The minimum Gasteiger partial charge on any atom is -0.464 e. The summed E-state index contributed by atoms with van der Waals surface area (Å²) in [6, 6.07) is 6.02. The van der Waals surface area contributed by atoms with Gasteiger partial charge in [0.25, 0.3) is 0 Å². The van der Waals surface area contributed by atoms with E-state index in [2.05, 4.69) is 11.9 Å². The largest absolute Gasteiger partial charge is 0.464 e. The lowest BCUT2D eigenvalue weighted by Crippen LogP contribution is -2.44. The minimum absolute atomic E-state index is 0.313. The Morgan fingerprint density at radius 2 is 2.32 bits per heavy atom. The monoisotopic (exact) mass is 265 g/mol. The van der Waals surface area contributed by atoms with Crippen LogP contribution in [0.15, 0.2) is 36.9 Å². The van der Waals surface area contributed by atoms with Gasteiger partial charge < -0.3 is 10.1 Å². The predicted octanol–water partition coefficient (Wildman–Crippen LogP) is 3.53. The van der Waals surface area contributed by atoms with E-state index in [1.807, 2.05) is 0 Å². The maximum atomic E-state index is 13.2. The van der Waals surface area contributed by atoms with Crippen LogP contribution in [-0.2, 0) is 9.53 Å². The Balaban J connectivity index is 2.90. The quantitative estimate of drug-likeness (QED) is 0.605. The normalized spacial score (nSPS) is 13.4. The third-order valence-corrected chi connectivity index (χ3v) is 2.82. The molecule has 1 N–H and O–H groups in total. The van der Waals surface area contributed by atoms with Crippen molar-refractivity contribution in [3.05, 3.63) is 42.7 Å². The molecule has 0 saturated heterocycles. The van der Waals surface area contributed by atoms with Crippen LogP contribution in [-0.4, -0.2) is 18.1 Å². The molecule has 0 radical (unpaired) electrons. The molecule has 1 rings (SSSR count). The molecule has 0 aromatic heterocycles. The summed E-state index contributed by atoms with van der Waals surface area (Å²) in [4.78, 5) is 12.0. The molecule has 0 amide bonds. The number of hydrogen-bond acceptors (Lipinski definition) is 3. The third kappa shape index (κ3) is 4.39. The van der Waals surface area contributed by atoms with Gasteiger partial charge in [0.05, 0.1) is 6.61 Å². The second-order valence-corrected chi connectivity index (χ2v) is 4.52. The van der Waals surface area contributed by atoms with Crippen LogP contribution in [0, 0.1) is 5.82 Å². The van der Waals surface area contributed by atoms with Crippen LogP contribution in [0.1, 0.15) is 26.7 Å². The van der Waals surface area contributed by atoms with Crippen molar-refractivity contribution in [1.82, 2.24) is 0 Å². The number of allylic oxidation sites excluding steroid dienone is 1. The molecule has 19 heavy (non-hydrogen) atoms. The standard InChI is InChI=1S/C15H20FNO2/c1-4-6-10-15(3,14(18)19-5-2)17-13-9-7-8-12(16)11-13/h4,7-9,11,17H,1,5-6,10H2,2-3H3. The summed E-state index contributed by atoms with van der Waals surface area (Å²) >= 11 is 0. The van der Waals surface area contributed by atoms with Gasteiger partial charge in [0.2, 0.25) is 0 Å². The van der Waals surface area contributed by atoms with E-state index in [0.29, 0.717) is 25.1 Å². The first-order chi connectivity index (χ1) is 9.01. The lowest BCUT2D eigenvalue weighted by molar-refractivity contribution is -0.148. The van der Waals surface area contributed by atoms with Gasteiger partial charge in [0.15, 0.2) is 0 Å². The number of rotatable bonds is 7. The molecule has 104 valence electrons. The molecule has 0 spiro atoms. The lowest BCUT2D eigenvalue weighted by Gasteiger charge is -2.29.